The molecule has 3 N–H and O–H groups in total. The first kappa shape index (κ1) is 23.3. The topological polar surface area (TPSA) is 107 Å². The highest BCUT2D eigenvalue weighted by Gasteiger charge is 2.29. The summed E-state index contributed by atoms with van der Waals surface area (Å²) in [4.78, 5) is 39.5. The van der Waals surface area contributed by atoms with E-state index in [-0.39, 0.29) is 41.7 Å². The Kier molecular flexibility index (Phi) is 8.64. The van der Waals surface area contributed by atoms with Gasteiger partial charge in [-0.3, -0.25) is 14.4 Å². The van der Waals surface area contributed by atoms with Crippen LogP contribution in [0.1, 0.15) is 61.1 Å². The number of rotatable bonds is 6. The van der Waals surface area contributed by atoms with Crippen molar-refractivity contribution in [1.29, 1.82) is 0 Å². The van der Waals surface area contributed by atoms with Crippen LogP contribution in [0.4, 0.5) is 0 Å². The molecule has 2 aliphatic heterocycles. The van der Waals surface area contributed by atoms with Gasteiger partial charge in [0.25, 0.3) is 11.5 Å². The van der Waals surface area contributed by atoms with E-state index in [2.05, 4.69) is 20.8 Å². The Hall–Kier alpha value is -1.93. The molecule has 2 unspecified atom stereocenters. The summed E-state index contributed by atoms with van der Waals surface area (Å²) in [6, 6.07) is -0.0868. The Bertz CT molecular complexity index is 776. The number of nitrogens with one attached hydrogen (secondary N) is 3. The smallest absolute Gasteiger partial charge is 0.277 e. The number of likely N-dealkylation sites (tertiary alicyclic amines) is 1. The lowest BCUT2D eigenvalue weighted by molar-refractivity contribution is -0.123. The highest BCUT2D eigenvalue weighted by molar-refractivity contribution is 5.95. The molecule has 0 saturated carbocycles. The number of amides is 2. The highest BCUT2D eigenvalue weighted by atomic mass is 35.5. The Labute approximate surface area is 177 Å². The second kappa shape index (κ2) is 10.7. The van der Waals surface area contributed by atoms with Crippen LogP contribution in [0.25, 0.3) is 0 Å². The number of piperidine rings is 1. The molecule has 0 spiro atoms. The molecule has 29 heavy (non-hydrogen) atoms. The average molecular weight is 426 g/mol. The first-order valence-electron chi connectivity index (χ1n) is 10.5. The van der Waals surface area contributed by atoms with Crippen molar-refractivity contribution >= 4 is 24.2 Å². The minimum Gasteiger partial charge on any atom is -0.354 e. The monoisotopic (exact) mass is 425 g/mol. The lowest BCUT2D eigenvalue weighted by atomic mass is 9.96. The van der Waals surface area contributed by atoms with E-state index < -0.39 is 5.56 Å². The molecule has 0 radical (unpaired) electrons. The summed E-state index contributed by atoms with van der Waals surface area (Å²) >= 11 is 0. The third kappa shape index (κ3) is 5.36. The fourth-order valence-electron chi connectivity index (χ4n) is 4.27. The van der Waals surface area contributed by atoms with Gasteiger partial charge in [-0.25, -0.2) is 5.10 Å². The summed E-state index contributed by atoms with van der Waals surface area (Å²) in [5, 5.41) is 12.8. The van der Waals surface area contributed by atoms with Crippen molar-refractivity contribution in [3.63, 3.8) is 0 Å². The molecule has 2 amide bonds. The summed E-state index contributed by atoms with van der Waals surface area (Å²) in [5.74, 6) is 0.0377. The highest BCUT2D eigenvalue weighted by Crippen LogP contribution is 2.20. The predicted molar refractivity (Wildman–Crippen MR) is 114 cm³/mol. The number of carbonyl (C=O) groups excluding carboxylic acids is 2. The van der Waals surface area contributed by atoms with Gasteiger partial charge in [-0.2, -0.15) is 5.10 Å². The maximum Gasteiger partial charge on any atom is 0.277 e. The van der Waals surface area contributed by atoms with Crippen molar-refractivity contribution in [3.8, 4) is 0 Å². The van der Waals surface area contributed by atoms with E-state index in [1.807, 2.05) is 13.8 Å². The minimum absolute atomic E-state index is 0. The number of carbonyl (C=O) groups is 2. The van der Waals surface area contributed by atoms with Gasteiger partial charge in [0.1, 0.15) is 5.56 Å². The van der Waals surface area contributed by atoms with Gasteiger partial charge < -0.3 is 15.5 Å². The Morgan fingerprint density at radius 2 is 2.00 bits per heavy atom. The number of hydrogen-bond donors (Lipinski definition) is 3. The number of aromatic amines is 1. The van der Waals surface area contributed by atoms with Crippen molar-refractivity contribution in [2.45, 2.75) is 58.4 Å². The zero-order chi connectivity index (χ0) is 20.1. The zero-order valence-electron chi connectivity index (χ0n) is 17.3. The van der Waals surface area contributed by atoms with Crippen LogP contribution in [-0.4, -0.2) is 59.1 Å². The van der Waals surface area contributed by atoms with Gasteiger partial charge in [-0.1, -0.05) is 13.8 Å². The molecule has 0 bridgehead atoms. The Morgan fingerprint density at radius 1 is 1.21 bits per heavy atom. The molecule has 3 rings (SSSR count). The second-order valence-electron chi connectivity index (χ2n) is 7.71. The molecule has 0 aromatic carbocycles. The van der Waals surface area contributed by atoms with Crippen LogP contribution in [0.2, 0.25) is 0 Å². The number of aryl methyl sites for hydroxylation is 1. The fourth-order valence-corrected chi connectivity index (χ4v) is 4.27. The van der Waals surface area contributed by atoms with Crippen molar-refractivity contribution in [1.82, 2.24) is 25.7 Å². The van der Waals surface area contributed by atoms with Crippen LogP contribution in [0.5, 0.6) is 0 Å². The van der Waals surface area contributed by atoms with Gasteiger partial charge >= 0.3 is 0 Å². The third-order valence-electron chi connectivity index (χ3n) is 5.82. The second-order valence-corrected chi connectivity index (χ2v) is 7.71. The quantitative estimate of drug-likeness (QED) is 0.631. The number of halogens is 1. The molecule has 2 fully saturated rings. The van der Waals surface area contributed by atoms with Crippen LogP contribution >= 0.6 is 12.4 Å². The van der Waals surface area contributed by atoms with E-state index in [4.69, 9.17) is 0 Å². The average Bonchev–Trinajstić information content (AvgIpc) is 3.26. The number of hydrogen-bond acceptors (Lipinski definition) is 5. The lowest BCUT2D eigenvalue weighted by Crippen LogP contribution is -2.47. The summed E-state index contributed by atoms with van der Waals surface area (Å²) < 4.78 is 0. The molecule has 2 atom stereocenters. The normalized spacial score (nSPS) is 21.5. The summed E-state index contributed by atoms with van der Waals surface area (Å²) in [7, 11) is 0. The van der Waals surface area contributed by atoms with Gasteiger partial charge in [-0.15, -0.1) is 12.4 Å². The SMILES string of the molecule is CCc1n[nH]c(=O)c(C(=O)N2CCCC(CNC(=O)C3CCCN3)C2)c1CC.Cl. The van der Waals surface area contributed by atoms with Crippen LogP contribution in [0, 0.1) is 5.92 Å². The van der Waals surface area contributed by atoms with Crippen LogP contribution < -0.4 is 16.2 Å². The van der Waals surface area contributed by atoms with Crippen LogP contribution in [-0.2, 0) is 17.6 Å². The van der Waals surface area contributed by atoms with Crippen LogP contribution in [0.15, 0.2) is 4.79 Å². The first-order valence-corrected chi connectivity index (χ1v) is 10.5. The maximum atomic E-state index is 13.1. The summed E-state index contributed by atoms with van der Waals surface area (Å²) in [5.41, 5.74) is 1.34. The molecular weight excluding hydrogens is 394 g/mol. The standard InChI is InChI=1S/C20H31N5O3.ClH/c1-3-14-15(4-2)23-24-19(27)17(14)20(28)25-10-6-7-13(12-25)11-22-18(26)16-8-5-9-21-16;/h13,16,21H,3-12H2,1-2H3,(H,22,26)(H,24,27);1H. The van der Waals surface area contributed by atoms with Gasteiger partial charge in [0.2, 0.25) is 5.91 Å². The zero-order valence-corrected chi connectivity index (χ0v) is 18.1. The largest absolute Gasteiger partial charge is 0.354 e. The van der Waals surface area contributed by atoms with Crippen molar-refractivity contribution in [3.05, 3.63) is 27.2 Å². The molecule has 2 saturated heterocycles. The van der Waals surface area contributed by atoms with E-state index in [0.717, 1.165) is 43.5 Å². The van der Waals surface area contributed by atoms with E-state index in [9.17, 15) is 14.4 Å². The third-order valence-corrected chi connectivity index (χ3v) is 5.82. The molecule has 2 aliphatic rings. The number of nitrogens with zero attached hydrogens (tertiary/aromatic N) is 2. The van der Waals surface area contributed by atoms with Gasteiger partial charge in [0, 0.05) is 19.6 Å². The summed E-state index contributed by atoms with van der Waals surface area (Å²) in [6.07, 6.45) is 5.02. The van der Waals surface area contributed by atoms with E-state index >= 15 is 0 Å². The Balaban J connectivity index is 0.00000300. The number of H-pyrrole nitrogens is 1. The molecule has 162 valence electrons. The fraction of sp³-hybridized carbons (Fsp3) is 0.700. The predicted octanol–water partition coefficient (Wildman–Crippen LogP) is 1.04. The minimum atomic E-state index is -0.415. The van der Waals surface area contributed by atoms with Crippen molar-refractivity contribution in [2.75, 3.05) is 26.2 Å². The molecule has 8 nitrogen and oxygen atoms in total. The van der Waals surface area contributed by atoms with Gasteiger partial charge in [-0.05, 0) is 56.6 Å². The molecule has 1 aromatic heterocycles. The van der Waals surface area contributed by atoms with Gasteiger partial charge in [0.15, 0.2) is 0 Å². The number of aromatic nitrogens is 2. The lowest BCUT2D eigenvalue weighted by Gasteiger charge is -2.33. The molecule has 3 heterocycles. The van der Waals surface area contributed by atoms with Crippen LogP contribution in [0.3, 0.4) is 0 Å². The van der Waals surface area contributed by atoms with Crippen molar-refractivity contribution < 1.29 is 9.59 Å². The molecule has 9 heteroatoms. The maximum absolute atomic E-state index is 13.1. The molecule has 0 aliphatic carbocycles. The molecular formula is C20H32ClN5O3. The van der Waals surface area contributed by atoms with E-state index in [1.54, 1.807) is 4.90 Å². The van der Waals surface area contributed by atoms with E-state index in [0.29, 0.717) is 32.5 Å². The summed E-state index contributed by atoms with van der Waals surface area (Å²) in [6.45, 7) is 6.56. The van der Waals surface area contributed by atoms with Crippen molar-refractivity contribution in [2.24, 2.45) is 5.92 Å². The molecule has 1 aromatic rings. The van der Waals surface area contributed by atoms with Gasteiger partial charge in [0.05, 0.1) is 11.7 Å². The van der Waals surface area contributed by atoms with E-state index in [1.165, 1.54) is 0 Å². The first-order chi connectivity index (χ1) is 13.5. The Morgan fingerprint density at radius 3 is 2.66 bits per heavy atom.